The van der Waals surface area contributed by atoms with Crippen molar-refractivity contribution in [2.24, 2.45) is 5.41 Å². The average molecular weight is 674 g/mol. The first kappa shape index (κ1) is 33.9. The van der Waals surface area contributed by atoms with E-state index in [2.05, 4.69) is 16.4 Å². The van der Waals surface area contributed by atoms with E-state index in [9.17, 15) is 14.9 Å². The molecular formula is C39H36FN5O5. The fraction of sp³-hybridized carbons (Fsp3) is 0.231. The van der Waals surface area contributed by atoms with Crippen molar-refractivity contribution in [3.8, 4) is 50.9 Å². The largest absolute Gasteiger partial charge is 0.493 e. The van der Waals surface area contributed by atoms with Crippen LogP contribution in [0.25, 0.3) is 33.4 Å². The van der Waals surface area contributed by atoms with E-state index in [1.165, 1.54) is 31.5 Å². The molecule has 0 aliphatic carbocycles. The summed E-state index contributed by atoms with van der Waals surface area (Å²) in [6.07, 6.45) is 5.78. The predicted octanol–water partition coefficient (Wildman–Crippen LogP) is 6.86. The van der Waals surface area contributed by atoms with Gasteiger partial charge in [-0.15, -0.1) is 0 Å². The van der Waals surface area contributed by atoms with Crippen LogP contribution in [0.5, 0.6) is 11.5 Å². The number of nitriles is 1. The van der Waals surface area contributed by atoms with Crippen LogP contribution in [0.3, 0.4) is 0 Å². The summed E-state index contributed by atoms with van der Waals surface area (Å²) >= 11 is 0. The minimum Gasteiger partial charge on any atom is -0.493 e. The standard InChI is InChI=1S/C39H36FN5O5/c1-24-4-6-25(7-5-24)31-20-45(23-39(22-41)12-14-50-15-13-39)21-32(36(31)46)38(47)44-28-9-10-29(33(40)18-28)30-16-27(19-43-37(30)42)26-8-11-34(48-2)35(17-26)49-3/h4-11,16-21H,12-15,23H2,1-3H3,(H2,42,43)(H,44,47). The highest BCUT2D eigenvalue weighted by atomic mass is 19.1. The van der Waals surface area contributed by atoms with Gasteiger partial charge in [-0.3, -0.25) is 9.59 Å². The van der Waals surface area contributed by atoms with Gasteiger partial charge in [0.1, 0.15) is 17.2 Å². The molecule has 0 unspecified atom stereocenters. The van der Waals surface area contributed by atoms with Gasteiger partial charge in [-0.25, -0.2) is 9.37 Å². The number of methoxy groups -OCH3 is 2. The number of nitrogens with two attached hydrogens (primary N) is 1. The maximum Gasteiger partial charge on any atom is 0.261 e. The molecule has 1 amide bonds. The lowest BCUT2D eigenvalue weighted by atomic mass is 9.81. The first-order valence-electron chi connectivity index (χ1n) is 16.0. The second-order valence-electron chi connectivity index (χ2n) is 12.3. The molecule has 11 heteroatoms. The molecule has 254 valence electrons. The van der Waals surface area contributed by atoms with Crippen molar-refractivity contribution < 1.29 is 23.4 Å². The van der Waals surface area contributed by atoms with E-state index in [-0.39, 0.29) is 29.2 Å². The van der Waals surface area contributed by atoms with Gasteiger partial charge in [-0.2, -0.15) is 5.26 Å². The Kier molecular flexibility index (Phi) is 9.65. The molecule has 0 atom stereocenters. The topological polar surface area (TPSA) is 141 Å². The Morgan fingerprint density at radius 1 is 0.960 bits per heavy atom. The maximum atomic E-state index is 15.7. The van der Waals surface area contributed by atoms with Crippen LogP contribution in [0.4, 0.5) is 15.9 Å². The summed E-state index contributed by atoms with van der Waals surface area (Å²) in [5.74, 6) is -0.145. The van der Waals surface area contributed by atoms with E-state index >= 15 is 4.39 Å². The summed E-state index contributed by atoms with van der Waals surface area (Å²) < 4.78 is 33.7. The molecule has 1 aliphatic heterocycles. The van der Waals surface area contributed by atoms with Crippen molar-refractivity contribution in [1.29, 1.82) is 5.26 Å². The highest BCUT2D eigenvalue weighted by molar-refractivity contribution is 6.04. The van der Waals surface area contributed by atoms with Gasteiger partial charge < -0.3 is 29.8 Å². The number of aromatic nitrogens is 2. The van der Waals surface area contributed by atoms with Crippen LogP contribution in [0.2, 0.25) is 0 Å². The first-order chi connectivity index (χ1) is 24.1. The molecule has 2 aromatic heterocycles. The Bertz CT molecular complexity index is 2170. The number of rotatable bonds is 9. The zero-order valence-electron chi connectivity index (χ0n) is 28.0. The van der Waals surface area contributed by atoms with E-state index in [0.717, 1.165) is 11.1 Å². The number of pyridine rings is 2. The van der Waals surface area contributed by atoms with Crippen molar-refractivity contribution in [3.63, 3.8) is 0 Å². The van der Waals surface area contributed by atoms with E-state index in [1.54, 1.807) is 42.3 Å². The Balaban J connectivity index is 1.31. The minimum atomic E-state index is -0.710. The Hall–Kier alpha value is -5.99. The van der Waals surface area contributed by atoms with Crippen LogP contribution in [0.1, 0.15) is 28.8 Å². The number of amides is 1. The van der Waals surface area contributed by atoms with Gasteiger partial charge in [0, 0.05) is 66.3 Å². The van der Waals surface area contributed by atoms with Gasteiger partial charge in [0.15, 0.2) is 11.5 Å². The van der Waals surface area contributed by atoms with Crippen molar-refractivity contribution >= 4 is 17.4 Å². The van der Waals surface area contributed by atoms with Crippen LogP contribution in [-0.4, -0.2) is 42.9 Å². The van der Waals surface area contributed by atoms with E-state index in [4.69, 9.17) is 19.9 Å². The molecule has 3 N–H and O–H groups in total. The van der Waals surface area contributed by atoms with Gasteiger partial charge in [-0.1, -0.05) is 35.9 Å². The van der Waals surface area contributed by atoms with E-state index < -0.39 is 22.6 Å². The molecule has 3 aromatic carbocycles. The average Bonchev–Trinajstić information content (AvgIpc) is 3.13. The van der Waals surface area contributed by atoms with Crippen molar-refractivity contribution in [3.05, 3.63) is 112 Å². The highest BCUT2D eigenvalue weighted by Gasteiger charge is 2.33. The molecular weight excluding hydrogens is 637 g/mol. The SMILES string of the molecule is COc1ccc(-c2cnc(N)c(-c3ccc(NC(=O)c4cn(CC5(C#N)CCOCC5)cc(-c5ccc(C)cc5)c4=O)cc3F)c2)cc1OC. The normalized spacial score (nSPS) is 13.7. The number of benzene rings is 3. The van der Waals surface area contributed by atoms with Gasteiger partial charge >= 0.3 is 0 Å². The number of nitrogen functional groups attached to an aromatic ring is 1. The molecule has 10 nitrogen and oxygen atoms in total. The van der Waals surface area contributed by atoms with Crippen molar-refractivity contribution in [2.75, 3.05) is 38.5 Å². The number of carbonyl (C=O) groups excluding carboxylic acids is 1. The van der Waals surface area contributed by atoms with Gasteiger partial charge in [0.25, 0.3) is 5.91 Å². The maximum absolute atomic E-state index is 15.7. The van der Waals surface area contributed by atoms with E-state index in [1.807, 2.05) is 37.3 Å². The van der Waals surface area contributed by atoms with E-state index in [0.29, 0.717) is 59.8 Å². The number of carbonyl (C=O) groups is 1. The molecule has 50 heavy (non-hydrogen) atoms. The lowest BCUT2D eigenvalue weighted by molar-refractivity contribution is 0.0332. The number of hydrogen-bond donors (Lipinski definition) is 2. The second-order valence-corrected chi connectivity index (χ2v) is 12.3. The van der Waals surface area contributed by atoms with Crippen LogP contribution in [0.15, 0.2) is 90.1 Å². The molecule has 0 spiro atoms. The van der Waals surface area contributed by atoms with Crippen molar-refractivity contribution in [1.82, 2.24) is 9.55 Å². The second kappa shape index (κ2) is 14.2. The number of ether oxygens (including phenoxy) is 3. The van der Waals surface area contributed by atoms with Crippen molar-refractivity contribution in [2.45, 2.75) is 26.3 Å². The monoisotopic (exact) mass is 673 g/mol. The molecule has 0 saturated carbocycles. The Morgan fingerprint density at radius 3 is 2.36 bits per heavy atom. The number of nitrogens with one attached hydrogen (secondary N) is 1. The molecule has 1 saturated heterocycles. The van der Waals surface area contributed by atoms with Crippen LogP contribution >= 0.6 is 0 Å². The molecule has 6 rings (SSSR count). The third-order valence-corrected chi connectivity index (χ3v) is 9.01. The number of hydrogen-bond acceptors (Lipinski definition) is 8. The fourth-order valence-electron chi connectivity index (χ4n) is 6.11. The highest BCUT2D eigenvalue weighted by Crippen LogP contribution is 2.36. The third kappa shape index (κ3) is 6.92. The number of nitrogens with zero attached hydrogens (tertiary/aromatic N) is 3. The first-order valence-corrected chi connectivity index (χ1v) is 16.0. The zero-order valence-corrected chi connectivity index (χ0v) is 28.0. The van der Waals surface area contributed by atoms with Gasteiger partial charge in [0.05, 0.1) is 25.7 Å². The van der Waals surface area contributed by atoms with Crippen LogP contribution < -0.4 is 26.0 Å². The molecule has 1 aliphatic rings. The Morgan fingerprint density at radius 2 is 1.68 bits per heavy atom. The lowest BCUT2D eigenvalue weighted by Gasteiger charge is -2.31. The molecule has 0 radical (unpaired) electrons. The molecule has 0 bridgehead atoms. The van der Waals surface area contributed by atoms with Crippen LogP contribution in [0, 0.1) is 29.5 Å². The van der Waals surface area contributed by atoms with Gasteiger partial charge in [0.2, 0.25) is 5.43 Å². The summed E-state index contributed by atoms with van der Waals surface area (Å²) in [4.78, 5) is 31.8. The third-order valence-electron chi connectivity index (χ3n) is 9.01. The number of aryl methyl sites for hydroxylation is 1. The number of anilines is 2. The smallest absolute Gasteiger partial charge is 0.261 e. The summed E-state index contributed by atoms with van der Waals surface area (Å²) in [6.45, 7) is 3.12. The molecule has 5 aromatic rings. The predicted molar refractivity (Wildman–Crippen MR) is 190 cm³/mol. The minimum absolute atomic E-state index is 0.123. The molecule has 1 fully saturated rings. The van der Waals surface area contributed by atoms with Gasteiger partial charge in [-0.05, 0) is 67.3 Å². The summed E-state index contributed by atoms with van der Waals surface area (Å²) in [5, 5.41) is 12.8. The zero-order chi connectivity index (χ0) is 35.4. The Labute approximate surface area is 288 Å². The lowest BCUT2D eigenvalue weighted by Crippen LogP contribution is -2.33. The summed E-state index contributed by atoms with van der Waals surface area (Å²) in [6, 6.07) is 21.2. The van der Waals surface area contributed by atoms with Crippen LogP contribution in [-0.2, 0) is 11.3 Å². The number of halogens is 1. The summed E-state index contributed by atoms with van der Waals surface area (Å²) in [5.41, 5.74) is 8.96. The summed E-state index contributed by atoms with van der Waals surface area (Å²) in [7, 11) is 3.09. The quantitative estimate of drug-likeness (QED) is 0.173. The fourth-order valence-corrected chi connectivity index (χ4v) is 6.11. The molecule has 3 heterocycles.